The van der Waals surface area contributed by atoms with Crippen molar-refractivity contribution in [2.45, 2.75) is 206 Å². The summed E-state index contributed by atoms with van der Waals surface area (Å²) >= 11 is 0. The minimum atomic E-state index is -1.72. The van der Waals surface area contributed by atoms with Crippen LogP contribution in [0.4, 0.5) is 0 Å². The monoisotopic (exact) mass is 949 g/mol. The van der Waals surface area contributed by atoms with Crippen molar-refractivity contribution >= 4 is 5.97 Å². The Kier molecular flexibility index (Phi) is 22.5. The van der Waals surface area contributed by atoms with Gasteiger partial charge in [0.2, 0.25) is 0 Å². The summed E-state index contributed by atoms with van der Waals surface area (Å²) in [5.74, 6) is -3.54. The summed E-state index contributed by atoms with van der Waals surface area (Å²) in [4.78, 5) is 11.9. The van der Waals surface area contributed by atoms with E-state index >= 15 is 0 Å². The lowest BCUT2D eigenvalue weighted by Gasteiger charge is -2.42. The van der Waals surface area contributed by atoms with Crippen LogP contribution in [0.3, 0.4) is 0 Å². The van der Waals surface area contributed by atoms with Crippen molar-refractivity contribution in [1.29, 1.82) is 0 Å². The van der Waals surface area contributed by atoms with Crippen molar-refractivity contribution in [3.8, 4) is 0 Å². The highest BCUT2D eigenvalue weighted by Crippen LogP contribution is 2.34. The van der Waals surface area contributed by atoms with E-state index in [-0.39, 0.29) is 17.4 Å². The highest BCUT2D eigenvalue weighted by atomic mass is 16.7. The summed E-state index contributed by atoms with van der Waals surface area (Å²) < 4.78 is 36.6. The molecule has 0 radical (unpaired) electrons. The first-order valence-corrected chi connectivity index (χ1v) is 23.0. The zero-order valence-corrected chi connectivity index (χ0v) is 40.3. The van der Waals surface area contributed by atoms with Gasteiger partial charge in [-0.05, 0) is 64.2 Å². The molecule has 0 amide bonds. The summed E-state index contributed by atoms with van der Waals surface area (Å²) in [5.41, 5.74) is 1.63. The van der Waals surface area contributed by atoms with E-state index in [1.807, 2.05) is 26.8 Å². The molecule has 3 aliphatic heterocycles. The Hall–Kier alpha value is -2.25. The molecule has 0 aromatic heterocycles. The third-order valence-corrected chi connectivity index (χ3v) is 13.3. The number of carboxylic acids is 1. The van der Waals surface area contributed by atoms with E-state index < -0.39 is 147 Å². The number of hydrogen-bond donors (Lipinski definition) is 12. The van der Waals surface area contributed by atoms with Gasteiger partial charge >= 0.3 is 5.97 Å². The average molecular weight is 949 g/mol. The molecule has 3 unspecified atom stereocenters. The van der Waals surface area contributed by atoms with Gasteiger partial charge in [-0.1, -0.05) is 72.3 Å². The van der Waals surface area contributed by atoms with E-state index in [9.17, 15) is 66.1 Å². The minimum absolute atomic E-state index is 0.00627. The van der Waals surface area contributed by atoms with Crippen molar-refractivity contribution in [1.82, 2.24) is 0 Å². The minimum Gasteiger partial charge on any atom is -0.478 e. The van der Waals surface area contributed by atoms with Crippen molar-refractivity contribution in [3.63, 3.8) is 0 Å². The maximum absolute atomic E-state index is 11.9. The van der Waals surface area contributed by atoms with Crippen molar-refractivity contribution in [2.75, 3.05) is 6.61 Å². The van der Waals surface area contributed by atoms with Crippen LogP contribution in [0, 0.1) is 29.6 Å². The van der Waals surface area contributed by atoms with Gasteiger partial charge in [-0.2, -0.15) is 0 Å². The Labute approximate surface area is 388 Å². The summed E-state index contributed by atoms with van der Waals surface area (Å²) in [6, 6.07) is 0. The molecule has 24 atom stereocenters. The molecular formula is C47H80O19. The average Bonchev–Trinajstić information content (AvgIpc) is 3.26. The smallest absolute Gasteiger partial charge is 0.330 e. The normalized spacial score (nSPS) is 38.4. The van der Waals surface area contributed by atoms with Crippen LogP contribution in [0.2, 0.25) is 0 Å². The van der Waals surface area contributed by atoms with Gasteiger partial charge in [0.25, 0.3) is 0 Å². The maximum Gasteiger partial charge on any atom is 0.330 e. The van der Waals surface area contributed by atoms with E-state index in [1.165, 1.54) is 26.8 Å². The second-order valence-corrected chi connectivity index (χ2v) is 18.9. The zero-order chi connectivity index (χ0) is 50.2. The van der Waals surface area contributed by atoms with Crippen molar-refractivity contribution in [2.24, 2.45) is 29.6 Å². The molecule has 0 aromatic carbocycles. The first kappa shape index (κ1) is 58.1. The highest BCUT2D eigenvalue weighted by Gasteiger charge is 2.47. The standard InChI is InChI=1S/C47H80O19/c1-13-19(2)31(49)20(3)14-21(4)41(66-47-40(58)37(55)34(52)30(18-48)63-47)22(5)15-23(6)42(64-45-38(56)35(53)32(50)28(11)61-45)24(7)16-25(8)43(26(9)17-27(10)44(59)60)65-46-39(57)36(54)33(51)29(12)62-46/h14-17,19-20,22,24,26,28-43,45-58H,13,18H2,1-12H3,(H,59,60)/b21-14+,23-15+,25-16+,27-17+/t19-,20-,22-,24-,26-,28+,29+,30+,31+,32+,33+,34+,35-,36-,37-,38-,39-,40-,41+,42+,43+,45?,46?,47?/m0/s1. The fourth-order valence-corrected chi connectivity index (χ4v) is 8.92. The summed E-state index contributed by atoms with van der Waals surface area (Å²) in [6.45, 7) is 20.0. The zero-order valence-electron chi connectivity index (χ0n) is 40.3. The molecule has 19 heteroatoms. The highest BCUT2D eigenvalue weighted by molar-refractivity contribution is 5.85. The molecule has 3 saturated heterocycles. The third-order valence-electron chi connectivity index (χ3n) is 13.3. The molecule has 382 valence electrons. The fraction of sp³-hybridized carbons (Fsp3) is 0.809. The lowest BCUT2D eigenvalue weighted by Crippen LogP contribution is -2.60. The third kappa shape index (κ3) is 14.4. The number of carboxylic acid groups (broad SMARTS) is 1. The van der Waals surface area contributed by atoms with Gasteiger partial charge in [-0.3, -0.25) is 0 Å². The molecule has 66 heavy (non-hydrogen) atoms. The number of aliphatic hydroxyl groups excluding tert-OH is 11. The van der Waals surface area contributed by atoms with Crippen LogP contribution in [0.1, 0.15) is 89.5 Å². The summed E-state index contributed by atoms with van der Waals surface area (Å²) in [7, 11) is 0. The quantitative estimate of drug-likeness (QED) is 0.0548. The largest absolute Gasteiger partial charge is 0.478 e. The van der Waals surface area contributed by atoms with Gasteiger partial charge in [0.1, 0.15) is 61.0 Å². The summed E-state index contributed by atoms with van der Waals surface area (Å²) in [6.07, 6.45) is -18.1. The van der Waals surface area contributed by atoms with Gasteiger partial charge < -0.3 is 89.7 Å². The van der Waals surface area contributed by atoms with Crippen molar-refractivity contribution in [3.05, 3.63) is 46.6 Å². The molecule has 0 aliphatic carbocycles. The molecule has 0 spiro atoms. The van der Waals surface area contributed by atoms with Gasteiger partial charge in [0, 0.05) is 29.2 Å². The number of aliphatic carboxylic acids is 1. The van der Waals surface area contributed by atoms with Crippen LogP contribution >= 0.6 is 0 Å². The fourth-order valence-electron chi connectivity index (χ4n) is 8.92. The van der Waals surface area contributed by atoms with Crippen LogP contribution in [0.15, 0.2) is 46.6 Å². The van der Waals surface area contributed by atoms with E-state index in [0.29, 0.717) is 16.7 Å². The molecule has 3 heterocycles. The van der Waals surface area contributed by atoms with Gasteiger partial charge in [0.15, 0.2) is 18.9 Å². The Bertz CT molecular complexity index is 1650. The van der Waals surface area contributed by atoms with E-state index in [4.69, 9.17) is 28.4 Å². The molecule has 0 saturated carbocycles. The Morgan fingerprint density at radius 1 is 0.530 bits per heavy atom. The van der Waals surface area contributed by atoms with Crippen LogP contribution in [-0.2, 0) is 33.2 Å². The van der Waals surface area contributed by atoms with Crippen LogP contribution < -0.4 is 0 Å². The molecule has 0 aromatic rings. The molecule has 19 nitrogen and oxygen atoms in total. The molecule has 3 fully saturated rings. The topological polar surface area (TPSA) is 315 Å². The lowest BCUT2D eigenvalue weighted by atomic mass is 9.86. The van der Waals surface area contributed by atoms with Crippen LogP contribution in [0.5, 0.6) is 0 Å². The maximum atomic E-state index is 11.9. The Morgan fingerprint density at radius 3 is 1.21 bits per heavy atom. The van der Waals surface area contributed by atoms with E-state index in [0.717, 1.165) is 6.42 Å². The van der Waals surface area contributed by atoms with Gasteiger partial charge in [-0.15, -0.1) is 0 Å². The first-order chi connectivity index (χ1) is 30.7. The molecule has 12 N–H and O–H groups in total. The number of rotatable bonds is 21. The van der Waals surface area contributed by atoms with Crippen LogP contribution in [-0.4, -0.2) is 190 Å². The Morgan fingerprint density at radius 2 is 0.864 bits per heavy atom. The molecular weight excluding hydrogens is 868 g/mol. The first-order valence-electron chi connectivity index (χ1n) is 23.0. The number of aliphatic hydroxyl groups is 11. The van der Waals surface area contributed by atoms with Crippen LogP contribution in [0.25, 0.3) is 0 Å². The predicted octanol–water partition coefficient (Wildman–Crippen LogP) is 0.418. The number of ether oxygens (including phenoxy) is 6. The van der Waals surface area contributed by atoms with Gasteiger partial charge in [0.05, 0.1) is 43.2 Å². The molecule has 0 bridgehead atoms. The predicted molar refractivity (Wildman–Crippen MR) is 238 cm³/mol. The Balaban J connectivity index is 2.18. The second kappa shape index (κ2) is 25.6. The SMILES string of the molecule is CC[C@H](C)[C@@H](O)[C@@H](C)/C=C(\C)[C@@H](OC1O[C@H](CO)[C@@H](O)[C@H](O)[C@@H]1O)[C@@H](C)/C=C(\C)[C@@H](OC1O[C@H](C)[C@@H](O)[C@H](O)[C@@H]1O)[C@@H](C)/C=C(\C)[C@@H](OC1O[C@H](C)[C@@H](O)[C@H](O)[C@@H]1O)[C@@H](C)/C=C(\C)C(=O)O. The lowest BCUT2D eigenvalue weighted by molar-refractivity contribution is -0.310. The molecule has 3 aliphatic rings. The number of carbonyl (C=O) groups is 1. The second-order valence-electron chi connectivity index (χ2n) is 18.9. The summed E-state index contributed by atoms with van der Waals surface area (Å²) in [5, 5.41) is 127. The van der Waals surface area contributed by atoms with Crippen molar-refractivity contribution < 1.29 is 94.5 Å². The number of hydrogen-bond acceptors (Lipinski definition) is 18. The van der Waals surface area contributed by atoms with E-state index in [1.54, 1.807) is 53.7 Å². The van der Waals surface area contributed by atoms with E-state index in [2.05, 4.69) is 0 Å². The van der Waals surface area contributed by atoms with Gasteiger partial charge in [-0.25, -0.2) is 4.79 Å². The molecule has 3 rings (SSSR count).